The van der Waals surface area contributed by atoms with Crippen LogP contribution in [0.15, 0.2) is 18.2 Å². The molecule has 0 saturated heterocycles. The largest absolute Gasteiger partial charge is 0.489 e. The van der Waals surface area contributed by atoms with E-state index in [-0.39, 0.29) is 24.0 Å². The van der Waals surface area contributed by atoms with Gasteiger partial charge in [-0.15, -0.1) is 0 Å². The molecule has 1 aliphatic rings. The third-order valence-electron chi connectivity index (χ3n) is 2.64. The molecule has 102 valence electrons. The van der Waals surface area contributed by atoms with Crippen molar-refractivity contribution in [3.8, 4) is 5.75 Å². The highest BCUT2D eigenvalue weighted by atomic mass is 16.5. The van der Waals surface area contributed by atoms with Crippen LogP contribution in [-0.2, 0) is 0 Å². The lowest BCUT2D eigenvalue weighted by molar-refractivity contribution is 0.0691. The Kier molecular flexibility index (Phi) is 3.57. The molecule has 0 radical (unpaired) electrons. The monoisotopic (exact) mass is 265 g/mol. The van der Waals surface area contributed by atoms with Gasteiger partial charge in [0, 0.05) is 14.1 Å². The van der Waals surface area contributed by atoms with Crippen LogP contribution in [0.5, 0.6) is 5.75 Å². The molecule has 0 saturated carbocycles. The van der Waals surface area contributed by atoms with Gasteiger partial charge in [0.25, 0.3) is 0 Å². The SMILES string of the molecule is CN(C)NC(=O)N1CCOc2c(C(=O)O)cccc21. The van der Waals surface area contributed by atoms with Crippen LogP contribution in [0.1, 0.15) is 10.4 Å². The fraction of sp³-hybridized carbons (Fsp3) is 0.333. The summed E-state index contributed by atoms with van der Waals surface area (Å²) in [6, 6.07) is 4.38. The fourth-order valence-corrected chi connectivity index (χ4v) is 1.88. The van der Waals surface area contributed by atoms with Crippen molar-refractivity contribution < 1.29 is 19.4 Å². The van der Waals surface area contributed by atoms with Gasteiger partial charge in [-0.05, 0) is 12.1 Å². The van der Waals surface area contributed by atoms with E-state index < -0.39 is 5.97 Å². The summed E-state index contributed by atoms with van der Waals surface area (Å²) in [5.74, 6) is -0.845. The third kappa shape index (κ3) is 2.60. The molecular formula is C12H15N3O4. The molecule has 0 bridgehead atoms. The first-order valence-corrected chi connectivity index (χ1v) is 5.75. The molecule has 0 fully saturated rings. The molecule has 0 atom stereocenters. The van der Waals surface area contributed by atoms with Crippen LogP contribution < -0.4 is 15.1 Å². The van der Waals surface area contributed by atoms with Crippen LogP contribution in [0.2, 0.25) is 0 Å². The van der Waals surface area contributed by atoms with Gasteiger partial charge in [0.1, 0.15) is 12.2 Å². The van der Waals surface area contributed by atoms with Gasteiger partial charge in [-0.3, -0.25) is 10.3 Å². The molecule has 0 aliphatic carbocycles. The number of hydrogen-bond donors (Lipinski definition) is 2. The first-order chi connectivity index (χ1) is 9.00. The predicted octanol–water partition coefficient (Wildman–Crippen LogP) is 0.770. The van der Waals surface area contributed by atoms with Crippen LogP contribution >= 0.6 is 0 Å². The van der Waals surface area contributed by atoms with Crippen LogP contribution in [0.3, 0.4) is 0 Å². The summed E-state index contributed by atoms with van der Waals surface area (Å²) in [6.45, 7) is 0.633. The molecule has 0 spiro atoms. The Morgan fingerprint density at radius 2 is 2.16 bits per heavy atom. The molecule has 1 aromatic carbocycles. The zero-order valence-corrected chi connectivity index (χ0v) is 10.7. The average Bonchev–Trinajstić information content (AvgIpc) is 2.36. The Morgan fingerprint density at radius 3 is 2.79 bits per heavy atom. The number of rotatable bonds is 2. The summed E-state index contributed by atoms with van der Waals surface area (Å²) in [7, 11) is 3.40. The first kappa shape index (κ1) is 13.2. The molecule has 7 nitrogen and oxygen atoms in total. The number of benzene rings is 1. The summed E-state index contributed by atoms with van der Waals surface area (Å²) in [4.78, 5) is 24.6. The first-order valence-electron chi connectivity index (χ1n) is 5.75. The summed E-state index contributed by atoms with van der Waals surface area (Å²) >= 11 is 0. The minimum atomic E-state index is -1.08. The Bertz CT molecular complexity index is 516. The summed E-state index contributed by atoms with van der Waals surface area (Å²) < 4.78 is 5.39. The van der Waals surface area contributed by atoms with Gasteiger partial charge >= 0.3 is 12.0 Å². The van der Waals surface area contributed by atoms with Crippen molar-refractivity contribution in [2.75, 3.05) is 32.1 Å². The number of hydrazine groups is 1. The van der Waals surface area contributed by atoms with E-state index in [1.165, 1.54) is 16.0 Å². The van der Waals surface area contributed by atoms with Crippen molar-refractivity contribution in [2.24, 2.45) is 0 Å². The molecule has 1 aliphatic heterocycles. The van der Waals surface area contributed by atoms with Gasteiger partial charge < -0.3 is 9.84 Å². The molecule has 2 rings (SSSR count). The second kappa shape index (κ2) is 5.15. The van der Waals surface area contributed by atoms with Crippen molar-refractivity contribution in [3.63, 3.8) is 0 Å². The van der Waals surface area contributed by atoms with Gasteiger partial charge in [-0.1, -0.05) is 6.07 Å². The molecule has 19 heavy (non-hydrogen) atoms. The zero-order valence-electron chi connectivity index (χ0n) is 10.7. The normalized spacial score (nSPS) is 13.7. The van der Waals surface area contributed by atoms with Gasteiger partial charge in [-0.2, -0.15) is 0 Å². The van der Waals surface area contributed by atoms with Crippen molar-refractivity contribution in [1.82, 2.24) is 10.4 Å². The fourth-order valence-electron chi connectivity index (χ4n) is 1.88. The van der Waals surface area contributed by atoms with E-state index in [9.17, 15) is 9.59 Å². The number of carboxylic acid groups (broad SMARTS) is 1. The highest BCUT2D eigenvalue weighted by molar-refractivity contribution is 5.99. The van der Waals surface area contributed by atoms with Crippen LogP contribution in [0.25, 0.3) is 0 Å². The number of hydrogen-bond acceptors (Lipinski definition) is 4. The second-order valence-electron chi connectivity index (χ2n) is 4.27. The van der Waals surface area contributed by atoms with Crippen molar-refractivity contribution in [2.45, 2.75) is 0 Å². The topological polar surface area (TPSA) is 82.1 Å². The number of ether oxygens (including phenoxy) is 1. The second-order valence-corrected chi connectivity index (χ2v) is 4.27. The number of nitrogens with one attached hydrogen (secondary N) is 1. The Labute approximate surface area is 110 Å². The number of carboxylic acids is 1. The number of anilines is 1. The van der Waals surface area contributed by atoms with Crippen molar-refractivity contribution in [1.29, 1.82) is 0 Å². The smallest absolute Gasteiger partial charge is 0.339 e. The number of fused-ring (bicyclic) bond motifs is 1. The standard InChI is InChI=1S/C12H15N3O4/c1-14(2)13-12(18)15-6-7-19-10-8(11(16)17)4-3-5-9(10)15/h3-5H,6-7H2,1-2H3,(H,13,18)(H,16,17). The lowest BCUT2D eigenvalue weighted by Gasteiger charge is -2.31. The molecule has 0 aromatic heterocycles. The van der Waals surface area contributed by atoms with Gasteiger partial charge in [0.15, 0.2) is 5.75 Å². The zero-order chi connectivity index (χ0) is 14.0. The van der Waals surface area contributed by atoms with E-state index in [2.05, 4.69) is 5.43 Å². The van der Waals surface area contributed by atoms with Crippen LogP contribution in [0, 0.1) is 0 Å². The van der Waals surface area contributed by atoms with Crippen LogP contribution in [0.4, 0.5) is 10.5 Å². The van der Waals surface area contributed by atoms with Gasteiger partial charge in [-0.25, -0.2) is 14.6 Å². The summed E-state index contributed by atoms with van der Waals surface area (Å²) in [5.41, 5.74) is 3.14. The molecule has 0 unspecified atom stereocenters. The summed E-state index contributed by atoms with van der Waals surface area (Å²) in [6.07, 6.45) is 0. The Balaban J connectivity index is 2.37. The Morgan fingerprint density at radius 1 is 1.42 bits per heavy atom. The van der Waals surface area contributed by atoms with E-state index in [0.717, 1.165) is 0 Å². The number of carbonyl (C=O) groups excluding carboxylic acids is 1. The minimum absolute atomic E-state index is 0.0554. The molecule has 2 amide bonds. The van der Waals surface area contributed by atoms with Crippen molar-refractivity contribution in [3.05, 3.63) is 23.8 Å². The van der Waals surface area contributed by atoms with Gasteiger partial charge in [0.2, 0.25) is 0 Å². The number of amides is 2. The molecular weight excluding hydrogens is 250 g/mol. The highest BCUT2D eigenvalue weighted by Crippen LogP contribution is 2.34. The predicted molar refractivity (Wildman–Crippen MR) is 68.5 cm³/mol. The quantitative estimate of drug-likeness (QED) is 0.772. The number of para-hydroxylation sites is 1. The van der Waals surface area contributed by atoms with E-state index in [0.29, 0.717) is 12.2 Å². The number of urea groups is 1. The maximum absolute atomic E-state index is 12.0. The van der Waals surface area contributed by atoms with E-state index in [4.69, 9.17) is 9.84 Å². The maximum atomic E-state index is 12.0. The number of nitrogens with zero attached hydrogens (tertiary/aromatic N) is 2. The van der Waals surface area contributed by atoms with Crippen LogP contribution in [-0.4, -0.2) is 49.4 Å². The number of carbonyl (C=O) groups is 2. The van der Waals surface area contributed by atoms with E-state index >= 15 is 0 Å². The lowest BCUT2D eigenvalue weighted by Crippen LogP contribution is -2.49. The highest BCUT2D eigenvalue weighted by Gasteiger charge is 2.27. The molecule has 1 heterocycles. The molecule has 1 aromatic rings. The average molecular weight is 265 g/mol. The van der Waals surface area contributed by atoms with Gasteiger partial charge in [0.05, 0.1) is 12.2 Å². The van der Waals surface area contributed by atoms with Crippen molar-refractivity contribution >= 4 is 17.7 Å². The molecule has 7 heteroatoms. The van der Waals surface area contributed by atoms with E-state index in [1.54, 1.807) is 26.2 Å². The minimum Gasteiger partial charge on any atom is -0.489 e. The maximum Gasteiger partial charge on any atom is 0.339 e. The summed E-state index contributed by atoms with van der Waals surface area (Å²) in [5, 5.41) is 10.6. The van der Waals surface area contributed by atoms with E-state index in [1.807, 2.05) is 0 Å². The molecule has 2 N–H and O–H groups in total. The number of aromatic carboxylic acids is 1. The lowest BCUT2D eigenvalue weighted by atomic mass is 10.1. The third-order valence-corrected chi connectivity index (χ3v) is 2.64. The Hall–Kier alpha value is -2.28.